The third-order valence-corrected chi connectivity index (χ3v) is 3.21. The molecular weight excluding hydrogens is 294 g/mol. The van der Waals surface area contributed by atoms with Crippen molar-refractivity contribution >= 4 is 18.7 Å². The summed E-state index contributed by atoms with van der Waals surface area (Å²) < 4.78 is 0. The van der Waals surface area contributed by atoms with Gasteiger partial charge in [-0.15, -0.1) is 0 Å². The van der Waals surface area contributed by atoms with Crippen molar-refractivity contribution in [2.75, 3.05) is 6.54 Å². The van der Waals surface area contributed by atoms with Gasteiger partial charge in [0, 0.05) is 18.2 Å². The Labute approximate surface area is 136 Å². The molecule has 3 N–H and O–H groups in total. The van der Waals surface area contributed by atoms with Gasteiger partial charge in [0.2, 0.25) is 18.7 Å². The van der Waals surface area contributed by atoms with Gasteiger partial charge in [-0.2, -0.15) is 0 Å². The van der Waals surface area contributed by atoms with Crippen LogP contribution in [0.5, 0.6) is 0 Å². The van der Waals surface area contributed by atoms with Crippen LogP contribution >= 0.6 is 0 Å². The number of hydrogen-bond acceptors (Lipinski definition) is 3. The summed E-state index contributed by atoms with van der Waals surface area (Å²) in [6, 6.07) is 8.91. The van der Waals surface area contributed by atoms with E-state index in [-0.39, 0.29) is 11.8 Å². The summed E-state index contributed by atoms with van der Waals surface area (Å²) in [5.74, 6) is -0.313. The van der Waals surface area contributed by atoms with Crippen molar-refractivity contribution in [3.8, 4) is 0 Å². The van der Waals surface area contributed by atoms with Gasteiger partial charge in [0.1, 0.15) is 0 Å². The van der Waals surface area contributed by atoms with Crippen LogP contribution in [0.15, 0.2) is 42.1 Å². The first kappa shape index (κ1) is 18.4. The van der Waals surface area contributed by atoms with Crippen LogP contribution in [-0.4, -0.2) is 25.3 Å². The highest BCUT2D eigenvalue weighted by molar-refractivity contribution is 5.80. The Morgan fingerprint density at radius 3 is 2.39 bits per heavy atom. The van der Waals surface area contributed by atoms with Crippen molar-refractivity contribution in [1.29, 1.82) is 0 Å². The van der Waals surface area contributed by atoms with Crippen LogP contribution in [0, 0.1) is 5.92 Å². The van der Waals surface area contributed by atoms with Crippen LogP contribution in [0.2, 0.25) is 0 Å². The maximum atomic E-state index is 12.0. The van der Waals surface area contributed by atoms with E-state index in [1.807, 2.05) is 36.4 Å². The predicted molar refractivity (Wildman–Crippen MR) is 88.1 cm³/mol. The molecule has 1 aromatic carbocycles. The first-order chi connectivity index (χ1) is 11.1. The zero-order valence-electron chi connectivity index (χ0n) is 13.4. The Hall–Kier alpha value is -2.63. The lowest BCUT2D eigenvalue weighted by molar-refractivity contribution is -0.123. The minimum absolute atomic E-state index is 0.131. The second-order valence-corrected chi connectivity index (χ2v) is 5.29. The van der Waals surface area contributed by atoms with E-state index in [0.717, 1.165) is 5.56 Å². The average molecular weight is 317 g/mol. The van der Waals surface area contributed by atoms with Crippen molar-refractivity contribution in [2.45, 2.75) is 26.3 Å². The molecule has 23 heavy (non-hydrogen) atoms. The molecule has 0 saturated heterocycles. The van der Waals surface area contributed by atoms with E-state index >= 15 is 0 Å². The first-order valence-electron chi connectivity index (χ1n) is 7.52. The molecule has 0 aromatic heterocycles. The maximum Gasteiger partial charge on any atom is 0.226 e. The van der Waals surface area contributed by atoms with Gasteiger partial charge >= 0.3 is 0 Å². The highest BCUT2D eigenvalue weighted by Gasteiger charge is 2.19. The lowest BCUT2D eigenvalue weighted by Gasteiger charge is -2.22. The van der Waals surface area contributed by atoms with Crippen LogP contribution in [-0.2, 0) is 14.4 Å². The van der Waals surface area contributed by atoms with Gasteiger partial charge in [0.25, 0.3) is 0 Å². The molecule has 1 aromatic rings. The van der Waals surface area contributed by atoms with Crippen LogP contribution in [0.3, 0.4) is 0 Å². The van der Waals surface area contributed by atoms with E-state index in [1.54, 1.807) is 13.8 Å². The molecule has 0 saturated carbocycles. The largest absolute Gasteiger partial charge is 0.358 e. The molecule has 0 aliphatic carbocycles. The normalized spacial score (nSPS) is 12.4. The minimum Gasteiger partial charge on any atom is -0.358 e. The molecule has 3 amide bonds. The Balaban J connectivity index is 3.03. The quantitative estimate of drug-likeness (QED) is 0.448. The molecule has 1 rings (SSSR count). The number of carbonyl (C=O) groups is 3. The summed E-state index contributed by atoms with van der Waals surface area (Å²) in [4.78, 5) is 33.3. The zero-order chi connectivity index (χ0) is 17.1. The lowest BCUT2D eigenvalue weighted by Crippen LogP contribution is -2.35. The number of rotatable bonds is 10. The summed E-state index contributed by atoms with van der Waals surface area (Å²) in [6.07, 6.45) is 3.58. The predicted octanol–water partition coefficient (Wildman–Crippen LogP) is 1.27. The molecule has 0 spiro atoms. The molecule has 6 heteroatoms. The van der Waals surface area contributed by atoms with E-state index in [1.165, 1.54) is 0 Å². The molecule has 0 heterocycles. The number of hydrogen-bond donors (Lipinski definition) is 3. The zero-order valence-corrected chi connectivity index (χ0v) is 13.4. The van der Waals surface area contributed by atoms with E-state index in [0.29, 0.717) is 31.5 Å². The fourth-order valence-electron chi connectivity index (χ4n) is 1.98. The highest BCUT2D eigenvalue weighted by Crippen LogP contribution is 2.20. The number of benzene rings is 1. The first-order valence-corrected chi connectivity index (χ1v) is 7.52. The molecule has 124 valence electrons. The summed E-state index contributed by atoms with van der Waals surface area (Å²) in [7, 11) is 0. The van der Waals surface area contributed by atoms with E-state index in [4.69, 9.17) is 0 Å². The van der Waals surface area contributed by atoms with Crippen molar-refractivity contribution < 1.29 is 14.4 Å². The Morgan fingerprint density at radius 2 is 1.83 bits per heavy atom. The van der Waals surface area contributed by atoms with E-state index in [2.05, 4.69) is 16.0 Å². The topological polar surface area (TPSA) is 87.3 Å². The smallest absolute Gasteiger partial charge is 0.226 e. The van der Waals surface area contributed by atoms with Gasteiger partial charge in [0.05, 0.1) is 6.04 Å². The summed E-state index contributed by atoms with van der Waals surface area (Å²) in [6.45, 7) is 4.05. The van der Waals surface area contributed by atoms with Gasteiger partial charge < -0.3 is 16.0 Å². The lowest BCUT2D eigenvalue weighted by atomic mass is 10.0. The fourth-order valence-corrected chi connectivity index (χ4v) is 1.98. The molecular formula is C17H23N3O3. The SMILES string of the molecule is CC(C)C(=O)N/C(=C\CCNC=O)C(NC=O)c1ccccc1. The van der Waals surface area contributed by atoms with E-state index < -0.39 is 6.04 Å². The third kappa shape index (κ3) is 6.34. The molecule has 0 aliphatic heterocycles. The number of nitrogens with one attached hydrogen (secondary N) is 3. The third-order valence-electron chi connectivity index (χ3n) is 3.21. The minimum atomic E-state index is -0.451. The van der Waals surface area contributed by atoms with Gasteiger partial charge in [0.15, 0.2) is 0 Å². The van der Waals surface area contributed by atoms with Gasteiger partial charge in [-0.25, -0.2) is 0 Å². The van der Waals surface area contributed by atoms with Gasteiger partial charge in [-0.1, -0.05) is 50.3 Å². The summed E-state index contributed by atoms with van der Waals surface area (Å²) in [5, 5.41) is 8.15. The van der Waals surface area contributed by atoms with Crippen LogP contribution in [0.1, 0.15) is 31.9 Å². The Morgan fingerprint density at radius 1 is 1.13 bits per heavy atom. The molecule has 0 bridgehead atoms. The molecule has 6 nitrogen and oxygen atoms in total. The van der Waals surface area contributed by atoms with Gasteiger partial charge in [-0.05, 0) is 12.0 Å². The van der Waals surface area contributed by atoms with Crippen molar-refractivity contribution in [3.05, 3.63) is 47.7 Å². The van der Waals surface area contributed by atoms with Crippen LogP contribution in [0.4, 0.5) is 0 Å². The van der Waals surface area contributed by atoms with Crippen LogP contribution < -0.4 is 16.0 Å². The van der Waals surface area contributed by atoms with Crippen molar-refractivity contribution in [2.24, 2.45) is 5.92 Å². The maximum absolute atomic E-state index is 12.0. The second-order valence-electron chi connectivity index (χ2n) is 5.29. The van der Waals surface area contributed by atoms with Crippen molar-refractivity contribution in [3.63, 3.8) is 0 Å². The molecule has 0 fully saturated rings. The van der Waals surface area contributed by atoms with Crippen LogP contribution in [0.25, 0.3) is 0 Å². The Bertz CT molecular complexity index is 541. The monoisotopic (exact) mass is 317 g/mol. The Kier molecular flexibility index (Phi) is 8.13. The average Bonchev–Trinajstić information content (AvgIpc) is 2.56. The molecule has 0 radical (unpaired) electrons. The van der Waals surface area contributed by atoms with E-state index in [9.17, 15) is 14.4 Å². The number of amides is 3. The van der Waals surface area contributed by atoms with Gasteiger partial charge in [-0.3, -0.25) is 14.4 Å². The number of carbonyl (C=O) groups excluding carboxylic acids is 3. The van der Waals surface area contributed by atoms with Crippen molar-refractivity contribution in [1.82, 2.24) is 16.0 Å². The summed E-state index contributed by atoms with van der Waals surface area (Å²) >= 11 is 0. The molecule has 0 aliphatic rings. The fraction of sp³-hybridized carbons (Fsp3) is 0.353. The standard InChI is InChI=1S/C17H23N3O3/c1-13(2)17(23)20-15(9-6-10-18-11-21)16(19-12-22)14-7-4-3-5-8-14/h3-5,7-9,11-13,16H,6,10H2,1-2H3,(H,18,21)(H,19,22)(H,20,23)/b15-9-. The summed E-state index contributed by atoms with van der Waals surface area (Å²) in [5.41, 5.74) is 1.45. The molecule has 1 atom stereocenters. The molecule has 1 unspecified atom stereocenters. The highest BCUT2D eigenvalue weighted by atomic mass is 16.2. The second kappa shape index (κ2) is 10.2.